The second kappa shape index (κ2) is 7.17. The van der Waals surface area contributed by atoms with Gasteiger partial charge in [-0.15, -0.1) is 0 Å². The van der Waals surface area contributed by atoms with Crippen LogP contribution in [0, 0.1) is 27.7 Å². The largest absolute Gasteiger partial charge is 0.0984 e. The lowest BCUT2D eigenvalue weighted by Crippen LogP contribution is -1.93. The molecule has 0 N–H and O–H groups in total. The zero-order chi connectivity index (χ0) is 18.8. The topological polar surface area (TPSA) is 0 Å². The molecular formula is C26H26. The summed E-state index contributed by atoms with van der Waals surface area (Å²) >= 11 is 0. The molecule has 0 radical (unpaired) electrons. The maximum absolute atomic E-state index is 3.99. The number of rotatable bonds is 4. The van der Waals surface area contributed by atoms with Crippen molar-refractivity contribution in [1.82, 2.24) is 0 Å². The van der Waals surface area contributed by atoms with Crippen LogP contribution >= 0.6 is 0 Å². The van der Waals surface area contributed by atoms with E-state index in [4.69, 9.17) is 0 Å². The zero-order valence-electron chi connectivity index (χ0n) is 16.2. The predicted molar refractivity (Wildman–Crippen MR) is 116 cm³/mol. The van der Waals surface area contributed by atoms with Gasteiger partial charge >= 0.3 is 0 Å². The molecule has 0 unspecified atom stereocenters. The van der Waals surface area contributed by atoms with Crippen molar-refractivity contribution in [2.75, 3.05) is 0 Å². The van der Waals surface area contributed by atoms with Crippen LogP contribution in [0.2, 0.25) is 0 Å². The summed E-state index contributed by atoms with van der Waals surface area (Å²) < 4.78 is 0. The minimum atomic E-state index is 1.18. The van der Waals surface area contributed by atoms with Crippen LogP contribution in [0.15, 0.2) is 61.7 Å². The lowest BCUT2D eigenvalue weighted by atomic mass is 9.89. The summed E-state index contributed by atoms with van der Waals surface area (Å²) in [6.45, 7) is 16.7. The first kappa shape index (κ1) is 17.9. The molecule has 0 amide bonds. The highest BCUT2D eigenvalue weighted by Crippen LogP contribution is 2.34. The van der Waals surface area contributed by atoms with Crippen LogP contribution in [0.3, 0.4) is 0 Å². The van der Waals surface area contributed by atoms with E-state index in [0.29, 0.717) is 0 Å². The van der Waals surface area contributed by atoms with Gasteiger partial charge in [0, 0.05) is 0 Å². The van der Waals surface area contributed by atoms with Crippen LogP contribution in [-0.2, 0) is 0 Å². The van der Waals surface area contributed by atoms with E-state index in [2.05, 4.69) is 89.4 Å². The molecule has 26 heavy (non-hydrogen) atoms. The van der Waals surface area contributed by atoms with E-state index in [1.54, 1.807) is 0 Å². The second-order valence-electron chi connectivity index (χ2n) is 6.93. The van der Waals surface area contributed by atoms with Crippen LogP contribution in [0.4, 0.5) is 0 Å². The molecule has 0 aromatic heterocycles. The Hall–Kier alpha value is -2.86. The standard InChI is InChI=1S/C26H26/c1-7-21-11-9-17(3)19(5)25(21)23-13-15-24(16-14-23)26-20(6)18(4)10-12-22(26)8-2/h7-16H,1-2H2,3-6H3. The van der Waals surface area contributed by atoms with Crippen molar-refractivity contribution in [3.8, 4) is 22.3 Å². The molecule has 0 aliphatic carbocycles. The Morgan fingerprint density at radius 1 is 0.538 bits per heavy atom. The van der Waals surface area contributed by atoms with Gasteiger partial charge in [-0.1, -0.05) is 73.8 Å². The highest BCUT2D eigenvalue weighted by Gasteiger charge is 2.11. The normalized spacial score (nSPS) is 10.6. The molecular weight excluding hydrogens is 312 g/mol. The molecule has 0 heteroatoms. The van der Waals surface area contributed by atoms with Gasteiger partial charge in [-0.05, 0) is 83.3 Å². The van der Waals surface area contributed by atoms with Crippen molar-refractivity contribution in [3.63, 3.8) is 0 Å². The second-order valence-corrected chi connectivity index (χ2v) is 6.93. The molecule has 0 bridgehead atoms. The first-order valence-electron chi connectivity index (χ1n) is 9.04. The van der Waals surface area contributed by atoms with E-state index in [1.807, 2.05) is 12.2 Å². The number of aryl methyl sites for hydroxylation is 2. The predicted octanol–water partition coefficient (Wildman–Crippen LogP) is 7.54. The minimum Gasteiger partial charge on any atom is -0.0984 e. The Balaban J connectivity index is 2.15. The summed E-state index contributed by atoms with van der Waals surface area (Å²) in [6, 6.07) is 17.5. The number of benzene rings is 3. The molecule has 3 rings (SSSR count). The molecule has 130 valence electrons. The van der Waals surface area contributed by atoms with E-state index in [1.165, 1.54) is 55.6 Å². The Kier molecular flexibility index (Phi) is 4.95. The van der Waals surface area contributed by atoms with Crippen LogP contribution < -0.4 is 0 Å². The van der Waals surface area contributed by atoms with Crippen molar-refractivity contribution >= 4 is 12.2 Å². The van der Waals surface area contributed by atoms with Crippen molar-refractivity contribution in [2.24, 2.45) is 0 Å². The third-order valence-electron chi connectivity index (χ3n) is 5.44. The quantitative estimate of drug-likeness (QED) is 0.461. The van der Waals surface area contributed by atoms with Crippen molar-refractivity contribution in [3.05, 3.63) is 95.1 Å². The van der Waals surface area contributed by atoms with Crippen LogP contribution in [0.25, 0.3) is 34.4 Å². The molecule has 0 saturated heterocycles. The van der Waals surface area contributed by atoms with E-state index >= 15 is 0 Å². The summed E-state index contributed by atoms with van der Waals surface area (Å²) in [5.74, 6) is 0. The minimum absolute atomic E-state index is 1.18. The Morgan fingerprint density at radius 2 is 0.885 bits per heavy atom. The Morgan fingerprint density at radius 3 is 1.19 bits per heavy atom. The first-order valence-corrected chi connectivity index (χ1v) is 9.04. The molecule has 0 heterocycles. The van der Waals surface area contributed by atoms with Crippen LogP contribution in [-0.4, -0.2) is 0 Å². The first-order chi connectivity index (χ1) is 12.5. The monoisotopic (exact) mass is 338 g/mol. The lowest BCUT2D eigenvalue weighted by Gasteiger charge is -2.16. The summed E-state index contributed by atoms with van der Waals surface area (Å²) in [5, 5.41) is 0. The van der Waals surface area contributed by atoms with E-state index in [9.17, 15) is 0 Å². The molecule has 0 aliphatic heterocycles. The van der Waals surface area contributed by atoms with Crippen molar-refractivity contribution in [1.29, 1.82) is 0 Å². The number of hydrogen-bond acceptors (Lipinski definition) is 0. The molecule has 3 aromatic rings. The smallest absolute Gasteiger partial charge is 0.00797 e. The van der Waals surface area contributed by atoms with Gasteiger partial charge < -0.3 is 0 Å². The van der Waals surface area contributed by atoms with Gasteiger partial charge in [0.1, 0.15) is 0 Å². The maximum Gasteiger partial charge on any atom is -0.00797 e. The van der Waals surface area contributed by atoms with Crippen LogP contribution in [0.1, 0.15) is 33.4 Å². The van der Waals surface area contributed by atoms with Gasteiger partial charge in [-0.3, -0.25) is 0 Å². The van der Waals surface area contributed by atoms with Gasteiger partial charge in [0.2, 0.25) is 0 Å². The highest BCUT2D eigenvalue weighted by molar-refractivity contribution is 5.83. The fraction of sp³-hybridized carbons (Fsp3) is 0.154. The Labute approximate surface area is 157 Å². The average molecular weight is 338 g/mol. The van der Waals surface area contributed by atoms with Gasteiger partial charge in [-0.2, -0.15) is 0 Å². The van der Waals surface area contributed by atoms with Gasteiger partial charge in [0.05, 0.1) is 0 Å². The molecule has 3 aromatic carbocycles. The van der Waals surface area contributed by atoms with E-state index in [-0.39, 0.29) is 0 Å². The third-order valence-corrected chi connectivity index (χ3v) is 5.44. The maximum atomic E-state index is 3.99. The van der Waals surface area contributed by atoms with Crippen molar-refractivity contribution in [2.45, 2.75) is 27.7 Å². The van der Waals surface area contributed by atoms with E-state index < -0.39 is 0 Å². The molecule has 0 nitrogen and oxygen atoms in total. The summed E-state index contributed by atoms with van der Waals surface area (Å²) in [5.41, 5.74) is 12.6. The van der Waals surface area contributed by atoms with E-state index in [0.717, 1.165) is 0 Å². The molecule has 0 fully saturated rings. The molecule has 0 saturated carbocycles. The van der Waals surface area contributed by atoms with Gasteiger partial charge in [0.25, 0.3) is 0 Å². The highest BCUT2D eigenvalue weighted by atomic mass is 14.2. The van der Waals surface area contributed by atoms with Gasteiger partial charge in [0.15, 0.2) is 0 Å². The number of hydrogen-bond donors (Lipinski definition) is 0. The average Bonchev–Trinajstić information content (AvgIpc) is 2.66. The fourth-order valence-corrected chi connectivity index (χ4v) is 3.58. The summed E-state index contributed by atoms with van der Waals surface area (Å²) in [7, 11) is 0. The summed E-state index contributed by atoms with van der Waals surface area (Å²) in [4.78, 5) is 0. The Bertz CT molecular complexity index is 903. The summed E-state index contributed by atoms with van der Waals surface area (Å²) in [6.07, 6.45) is 3.88. The van der Waals surface area contributed by atoms with Crippen LogP contribution in [0.5, 0.6) is 0 Å². The molecule has 0 atom stereocenters. The SMILES string of the molecule is C=Cc1ccc(C)c(C)c1-c1ccc(-c2c(C=C)ccc(C)c2C)cc1. The fourth-order valence-electron chi connectivity index (χ4n) is 3.58. The lowest BCUT2D eigenvalue weighted by molar-refractivity contribution is 1.32. The molecule has 0 spiro atoms. The zero-order valence-corrected chi connectivity index (χ0v) is 16.2. The molecule has 0 aliphatic rings. The third kappa shape index (κ3) is 3.04. The van der Waals surface area contributed by atoms with Crippen molar-refractivity contribution < 1.29 is 0 Å². The van der Waals surface area contributed by atoms with Gasteiger partial charge in [-0.25, -0.2) is 0 Å².